The van der Waals surface area contributed by atoms with Crippen molar-refractivity contribution in [3.8, 4) is 11.1 Å². The first-order valence-corrected chi connectivity index (χ1v) is 16.5. The van der Waals surface area contributed by atoms with Gasteiger partial charge in [-0.1, -0.05) is 164 Å². The summed E-state index contributed by atoms with van der Waals surface area (Å²) in [5, 5.41) is 12.5. The van der Waals surface area contributed by atoms with Crippen molar-refractivity contribution in [1.29, 1.82) is 0 Å². The molecule has 0 amide bonds. The Balaban J connectivity index is 1.17. The van der Waals surface area contributed by atoms with Crippen LogP contribution in [-0.2, 0) is 0 Å². The van der Waals surface area contributed by atoms with Gasteiger partial charge in [0, 0.05) is 5.56 Å². The molecule has 0 aliphatic rings. The normalized spacial score (nSPS) is 12.2. The van der Waals surface area contributed by atoms with Crippen LogP contribution in [0.25, 0.3) is 71.1 Å². The molecule has 9 aromatic rings. The summed E-state index contributed by atoms with van der Waals surface area (Å²) in [6, 6.07) is 63.0. The van der Waals surface area contributed by atoms with Gasteiger partial charge in [0.05, 0.1) is 11.4 Å². The first kappa shape index (κ1) is 28.0. The summed E-state index contributed by atoms with van der Waals surface area (Å²) in [6.07, 6.45) is 4.35. The van der Waals surface area contributed by atoms with Gasteiger partial charge in [-0.2, -0.15) is 0 Å². The van der Waals surface area contributed by atoms with Crippen LogP contribution >= 0.6 is 0 Å². The van der Waals surface area contributed by atoms with Crippen LogP contribution in [0.1, 0.15) is 11.1 Å². The number of para-hydroxylation sites is 1. The molecule has 0 aliphatic carbocycles. The summed E-state index contributed by atoms with van der Waals surface area (Å²) in [5.41, 5.74) is 6.59. The first-order valence-electron chi connectivity index (χ1n) is 16.5. The molecule has 9 rings (SSSR count). The Labute approximate surface area is 279 Å². The van der Waals surface area contributed by atoms with Gasteiger partial charge in [0.25, 0.3) is 0 Å². The molecular weight excluding hydrogens is 579 g/mol. The minimum absolute atomic E-state index is 0.930. The second kappa shape index (κ2) is 11.8. The van der Waals surface area contributed by atoms with Gasteiger partial charge in [-0.05, 0) is 94.8 Å². The lowest BCUT2D eigenvalue weighted by Gasteiger charge is -2.14. The SMILES string of the molecule is C(=C\c1ccc(-c2c3ccccc3cc3c2ccc2ccccc23)cc1)/C(=N/c1ccccc1)c1cccc2ccc3ccccc3c12. The maximum absolute atomic E-state index is 5.19. The number of rotatable bonds is 5. The smallest absolute Gasteiger partial charge is 0.0715 e. The lowest BCUT2D eigenvalue weighted by Crippen LogP contribution is -1.98. The highest BCUT2D eigenvalue weighted by Crippen LogP contribution is 2.39. The standard InChI is InChI=1S/C47H31N/c1-2-15-38(16-3-1)48-45(43-20-10-14-35-27-26-34-12-5-8-18-40(34)47(35)43)30-23-32-21-24-36(25-22-32)46-41-19-9-6-13-37(41)31-44-39-17-7-4-11-33(39)28-29-42(44)46/h1-31H/b30-23+,48-45-. The molecule has 0 fully saturated rings. The molecule has 0 bridgehead atoms. The van der Waals surface area contributed by atoms with Crippen LogP contribution in [-0.4, -0.2) is 5.71 Å². The highest BCUT2D eigenvalue weighted by molar-refractivity contribution is 6.24. The quantitative estimate of drug-likeness (QED) is 0.105. The van der Waals surface area contributed by atoms with Gasteiger partial charge < -0.3 is 0 Å². The highest BCUT2D eigenvalue weighted by atomic mass is 14.7. The number of hydrogen-bond donors (Lipinski definition) is 0. The summed E-state index contributed by atoms with van der Waals surface area (Å²) in [7, 11) is 0. The van der Waals surface area contributed by atoms with E-state index < -0.39 is 0 Å². The molecule has 0 aromatic heterocycles. The zero-order valence-corrected chi connectivity index (χ0v) is 26.3. The van der Waals surface area contributed by atoms with Crippen molar-refractivity contribution in [2.45, 2.75) is 0 Å². The van der Waals surface area contributed by atoms with E-state index in [1.54, 1.807) is 0 Å². The molecule has 0 aliphatic heterocycles. The Hall–Kier alpha value is -6.31. The summed E-state index contributed by atoms with van der Waals surface area (Å²) in [5.74, 6) is 0. The van der Waals surface area contributed by atoms with Crippen LogP contribution in [0.2, 0.25) is 0 Å². The maximum Gasteiger partial charge on any atom is 0.0715 e. The van der Waals surface area contributed by atoms with E-state index in [4.69, 9.17) is 4.99 Å². The van der Waals surface area contributed by atoms with Crippen LogP contribution < -0.4 is 0 Å². The van der Waals surface area contributed by atoms with Crippen molar-refractivity contribution in [2.75, 3.05) is 0 Å². The van der Waals surface area contributed by atoms with E-state index >= 15 is 0 Å². The number of hydrogen-bond acceptors (Lipinski definition) is 1. The van der Waals surface area contributed by atoms with Crippen molar-refractivity contribution in [2.24, 2.45) is 4.99 Å². The molecule has 9 aromatic carbocycles. The van der Waals surface area contributed by atoms with Crippen molar-refractivity contribution in [3.05, 3.63) is 193 Å². The maximum atomic E-state index is 5.19. The monoisotopic (exact) mass is 609 g/mol. The molecule has 0 heterocycles. The van der Waals surface area contributed by atoms with E-state index in [2.05, 4.69) is 170 Å². The Kier molecular flexibility index (Phi) is 6.87. The van der Waals surface area contributed by atoms with E-state index in [0.717, 1.165) is 22.5 Å². The predicted octanol–water partition coefficient (Wildman–Crippen LogP) is 13.0. The van der Waals surface area contributed by atoms with Crippen LogP contribution in [0.3, 0.4) is 0 Å². The Morgan fingerprint density at radius 3 is 1.85 bits per heavy atom. The Bertz CT molecular complexity index is 2700. The van der Waals surface area contributed by atoms with Gasteiger partial charge in [-0.3, -0.25) is 0 Å². The van der Waals surface area contributed by atoms with Gasteiger partial charge in [0.1, 0.15) is 0 Å². The molecule has 1 heteroatoms. The summed E-state index contributed by atoms with van der Waals surface area (Å²) in [6.45, 7) is 0. The number of nitrogens with zero attached hydrogens (tertiary/aromatic N) is 1. The van der Waals surface area contributed by atoms with Crippen molar-refractivity contribution in [3.63, 3.8) is 0 Å². The minimum atomic E-state index is 0.930. The summed E-state index contributed by atoms with van der Waals surface area (Å²) < 4.78 is 0. The predicted molar refractivity (Wildman–Crippen MR) is 208 cm³/mol. The second-order valence-electron chi connectivity index (χ2n) is 12.3. The molecule has 48 heavy (non-hydrogen) atoms. The van der Waals surface area contributed by atoms with Gasteiger partial charge >= 0.3 is 0 Å². The molecule has 0 N–H and O–H groups in total. The third-order valence-electron chi connectivity index (χ3n) is 9.45. The van der Waals surface area contributed by atoms with E-state index in [-0.39, 0.29) is 0 Å². The first-order chi connectivity index (χ1) is 23.8. The third-order valence-corrected chi connectivity index (χ3v) is 9.45. The van der Waals surface area contributed by atoms with E-state index in [0.29, 0.717) is 0 Å². The van der Waals surface area contributed by atoms with Gasteiger partial charge in [0.2, 0.25) is 0 Å². The highest BCUT2D eigenvalue weighted by Gasteiger charge is 2.13. The lowest BCUT2D eigenvalue weighted by molar-refractivity contribution is 1.51. The van der Waals surface area contributed by atoms with Gasteiger partial charge in [0.15, 0.2) is 0 Å². The Morgan fingerprint density at radius 2 is 1.04 bits per heavy atom. The van der Waals surface area contributed by atoms with E-state index in [1.165, 1.54) is 65.0 Å². The lowest BCUT2D eigenvalue weighted by atomic mass is 9.89. The minimum Gasteiger partial charge on any atom is -0.248 e. The van der Waals surface area contributed by atoms with Crippen LogP contribution in [0.5, 0.6) is 0 Å². The molecular formula is C47H31N. The molecule has 224 valence electrons. The second-order valence-corrected chi connectivity index (χ2v) is 12.3. The van der Waals surface area contributed by atoms with Crippen molar-refractivity contribution in [1.82, 2.24) is 0 Å². The van der Waals surface area contributed by atoms with Crippen LogP contribution in [0.4, 0.5) is 5.69 Å². The molecule has 0 saturated carbocycles. The fraction of sp³-hybridized carbons (Fsp3) is 0. The van der Waals surface area contributed by atoms with Crippen LogP contribution in [0, 0.1) is 0 Å². The van der Waals surface area contributed by atoms with E-state index in [9.17, 15) is 0 Å². The molecule has 0 atom stereocenters. The molecule has 0 radical (unpaired) electrons. The average Bonchev–Trinajstić information content (AvgIpc) is 3.16. The topological polar surface area (TPSA) is 12.4 Å². The van der Waals surface area contributed by atoms with Crippen molar-refractivity contribution < 1.29 is 0 Å². The van der Waals surface area contributed by atoms with Gasteiger partial charge in [-0.25, -0.2) is 4.99 Å². The zero-order valence-electron chi connectivity index (χ0n) is 26.3. The average molecular weight is 610 g/mol. The number of fused-ring (bicyclic) bond motifs is 7. The van der Waals surface area contributed by atoms with E-state index in [1.807, 2.05) is 18.2 Å². The molecule has 0 unspecified atom stereocenters. The fourth-order valence-electron chi connectivity index (χ4n) is 7.17. The summed E-state index contributed by atoms with van der Waals surface area (Å²) in [4.78, 5) is 5.19. The fourth-order valence-corrected chi connectivity index (χ4v) is 7.17. The number of benzene rings is 9. The number of aliphatic imine (C=N–C) groups is 1. The zero-order chi connectivity index (χ0) is 31.9. The summed E-state index contributed by atoms with van der Waals surface area (Å²) >= 11 is 0. The molecule has 1 nitrogen and oxygen atoms in total. The Morgan fingerprint density at radius 1 is 0.417 bits per heavy atom. The number of allylic oxidation sites excluding steroid dienone is 1. The molecule has 0 saturated heterocycles. The third kappa shape index (κ3) is 4.94. The van der Waals surface area contributed by atoms with Crippen LogP contribution in [0.15, 0.2) is 187 Å². The van der Waals surface area contributed by atoms with Crippen molar-refractivity contribution >= 4 is 71.3 Å². The van der Waals surface area contributed by atoms with Gasteiger partial charge in [-0.15, -0.1) is 0 Å². The largest absolute Gasteiger partial charge is 0.248 e. The molecule has 0 spiro atoms.